The first-order valence-corrected chi connectivity index (χ1v) is 19.3. The summed E-state index contributed by atoms with van der Waals surface area (Å²) >= 11 is 5.53. The zero-order valence-corrected chi connectivity index (χ0v) is 29.4. The van der Waals surface area contributed by atoms with Crippen molar-refractivity contribution in [3.63, 3.8) is 0 Å². The van der Waals surface area contributed by atoms with E-state index >= 15 is 0 Å². The number of aromatic nitrogens is 3. The van der Waals surface area contributed by atoms with E-state index in [0.717, 1.165) is 16.7 Å². The molecule has 0 radical (unpaired) electrons. The zero-order valence-electron chi connectivity index (χ0n) is 27.0. The van der Waals surface area contributed by atoms with Crippen LogP contribution in [0.3, 0.4) is 0 Å². The molecule has 6 heteroatoms. The lowest BCUT2D eigenvalue weighted by Gasteiger charge is -2.09. The van der Waals surface area contributed by atoms with Gasteiger partial charge in [-0.3, -0.25) is 0 Å². The number of rotatable bonds is 4. The monoisotopic (exact) mass is 703 g/mol. The molecule has 0 unspecified atom stereocenters. The van der Waals surface area contributed by atoms with Gasteiger partial charge in [-0.15, -0.1) is 34.0 Å². The molecule has 7 aromatic carbocycles. The van der Waals surface area contributed by atoms with E-state index in [1.807, 2.05) is 52.2 Å². The van der Waals surface area contributed by atoms with Gasteiger partial charge in [0, 0.05) is 77.2 Å². The van der Waals surface area contributed by atoms with E-state index in [2.05, 4.69) is 133 Å². The summed E-state index contributed by atoms with van der Waals surface area (Å²) in [5.41, 5.74) is 5.46. The Kier molecular flexibility index (Phi) is 6.46. The van der Waals surface area contributed by atoms with E-state index < -0.39 is 0 Å². The highest BCUT2D eigenvalue weighted by atomic mass is 32.1. The maximum Gasteiger partial charge on any atom is 0.164 e. The summed E-state index contributed by atoms with van der Waals surface area (Å²) in [6, 6.07) is 54.3. The molecule has 0 amide bonds. The van der Waals surface area contributed by atoms with Crippen LogP contribution >= 0.6 is 34.0 Å². The van der Waals surface area contributed by atoms with Gasteiger partial charge in [0.1, 0.15) is 0 Å². The molecule has 238 valence electrons. The van der Waals surface area contributed by atoms with Crippen LogP contribution in [0, 0.1) is 0 Å². The number of fused-ring (bicyclic) bond motifs is 9. The van der Waals surface area contributed by atoms with Crippen LogP contribution < -0.4 is 0 Å². The third-order valence-corrected chi connectivity index (χ3v) is 13.3. The first-order chi connectivity index (χ1) is 25.2. The molecule has 51 heavy (non-hydrogen) atoms. The van der Waals surface area contributed by atoms with Crippen LogP contribution in [0.2, 0.25) is 0 Å². The van der Waals surface area contributed by atoms with Gasteiger partial charge in [0.05, 0.1) is 0 Å². The topological polar surface area (TPSA) is 38.7 Å². The smallest absolute Gasteiger partial charge is 0.164 e. The summed E-state index contributed by atoms with van der Waals surface area (Å²) < 4.78 is 7.73. The highest BCUT2D eigenvalue weighted by molar-refractivity contribution is 7.27. The van der Waals surface area contributed by atoms with Crippen molar-refractivity contribution in [2.75, 3.05) is 0 Å². The van der Waals surface area contributed by atoms with Crippen molar-refractivity contribution >= 4 is 94.5 Å². The molecule has 0 bridgehead atoms. The third-order valence-electron chi connectivity index (χ3n) is 9.75. The molecule has 0 saturated carbocycles. The second-order valence-corrected chi connectivity index (χ2v) is 16.0. The molecule has 0 atom stereocenters. The van der Waals surface area contributed by atoms with Crippen molar-refractivity contribution in [2.45, 2.75) is 0 Å². The van der Waals surface area contributed by atoms with Crippen molar-refractivity contribution in [3.05, 3.63) is 152 Å². The Hall–Kier alpha value is -5.79. The van der Waals surface area contributed by atoms with Gasteiger partial charge in [0.15, 0.2) is 17.5 Å². The maximum atomic E-state index is 5.13. The van der Waals surface area contributed by atoms with Gasteiger partial charge in [0.2, 0.25) is 0 Å². The Bertz CT molecular complexity index is 3150. The molecule has 11 rings (SSSR count). The van der Waals surface area contributed by atoms with Crippen LogP contribution in [0.1, 0.15) is 0 Å². The van der Waals surface area contributed by atoms with Gasteiger partial charge in [-0.05, 0) is 65.7 Å². The molecule has 0 fully saturated rings. The van der Waals surface area contributed by atoms with Gasteiger partial charge in [-0.2, -0.15) is 0 Å². The Labute approximate surface area is 304 Å². The SMILES string of the molecule is c1ccc(-c2nc(-c3ccc4sc5ccccc5c4c3)nc(-c3ccc4sc5cc(-c6cccc7c6sc6ccccc67)ccc5c4c3)n2)cc1. The molecule has 4 aromatic heterocycles. The molecular formula is C45H25N3S3. The van der Waals surface area contributed by atoms with E-state index in [1.165, 1.54) is 71.6 Å². The molecule has 0 aliphatic heterocycles. The summed E-state index contributed by atoms with van der Waals surface area (Å²) in [5, 5.41) is 7.60. The van der Waals surface area contributed by atoms with Crippen LogP contribution in [0.4, 0.5) is 0 Å². The molecule has 11 aromatic rings. The molecule has 3 nitrogen and oxygen atoms in total. The highest BCUT2D eigenvalue weighted by Gasteiger charge is 2.17. The third kappa shape index (κ3) is 4.72. The predicted molar refractivity (Wildman–Crippen MR) is 220 cm³/mol. The Morgan fingerprint density at radius 2 is 0.804 bits per heavy atom. The number of thiophene rings is 3. The van der Waals surface area contributed by atoms with E-state index in [0.29, 0.717) is 17.5 Å². The average molecular weight is 704 g/mol. The van der Waals surface area contributed by atoms with Gasteiger partial charge in [0.25, 0.3) is 0 Å². The molecule has 0 saturated heterocycles. The summed E-state index contributed by atoms with van der Waals surface area (Å²) in [7, 11) is 0. The van der Waals surface area contributed by atoms with Crippen LogP contribution in [0.5, 0.6) is 0 Å². The van der Waals surface area contributed by atoms with Crippen molar-refractivity contribution in [1.29, 1.82) is 0 Å². The lowest BCUT2D eigenvalue weighted by molar-refractivity contribution is 1.08. The van der Waals surface area contributed by atoms with Crippen molar-refractivity contribution in [3.8, 4) is 45.3 Å². The zero-order chi connectivity index (χ0) is 33.5. The fraction of sp³-hybridized carbons (Fsp3) is 0. The van der Waals surface area contributed by atoms with Gasteiger partial charge < -0.3 is 0 Å². The lowest BCUT2D eigenvalue weighted by atomic mass is 10.0. The molecule has 0 N–H and O–H groups in total. The molecular weight excluding hydrogens is 679 g/mol. The minimum atomic E-state index is 0.668. The second kappa shape index (κ2) is 11.4. The van der Waals surface area contributed by atoms with E-state index in [1.54, 1.807) is 0 Å². The van der Waals surface area contributed by atoms with E-state index in [4.69, 9.17) is 15.0 Å². The second-order valence-electron chi connectivity index (χ2n) is 12.8. The molecule has 0 aliphatic carbocycles. The Morgan fingerprint density at radius 3 is 1.51 bits per heavy atom. The van der Waals surface area contributed by atoms with Gasteiger partial charge >= 0.3 is 0 Å². The quantitative estimate of drug-likeness (QED) is 0.183. The van der Waals surface area contributed by atoms with Crippen LogP contribution in [-0.4, -0.2) is 15.0 Å². The summed E-state index contributed by atoms with van der Waals surface area (Å²) in [4.78, 5) is 15.2. The predicted octanol–water partition coefficient (Wildman–Crippen LogP) is 13.6. The number of benzene rings is 7. The average Bonchev–Trinajstić information content (AvgIpc) is 3.88. The molecule has 0 aliphatic rings. The normalized spacial score (nSPS) is 11.9. The molecule has 4 heterocycles. The fourth-order valence-corrected chi connectivity index (χ4v) is 10.7. The standard InChI is InChI=1S/C45H25N3S3/c1-2-9-26(10-3-1)43-46-44(28-18-21-39-35(23-28)32-12-5-6-15-37(32)49-39)48-45(47-43)29-19-22-40-36(24-29)33-20-17-27(25-41(33)50-40)30-13-8-14-34-31-11-4-7-16-38(31)51-42(30)34/h1-25H. The molecule has 0 spiro atoms. The first kappa shape index (κ1) is 29.0. The number of nitrogens with zero attached hydrogens (tertiary/aromatic N) is 3. The van der Waals surface area contributed by atoms with Gasteiger partial charge in [-0.1, -0.05) is 97.1 Å². The minimum Gasteiger partial charge on any atom is -0.208 e. The van der Waals surface area contributed by atoms with Gasteiger partial charge in [-0.25, -0.2) is 15.0 Å². The summed E-state index contributed by atoms with van der Waals surface area (Å²) in [6.07, 6.45) is 0. The van der Waals surface area contributed by atoms with Crippen LogP contribution in [0.25, 0.3) is 106 Å². The summed E-state index contributed by atoms with van der Waals surface area (Å²) in [6.45, 7) is 0. The highest BCUT2D eigenvalue weighted by Crippen LogP contribution is 2.43. The Morgan fingerprint density at radius 1 is 0.294 bits per heavy atom. The lowest BCUT2D eigenvalue weighted by Crippen LogP contribution is -2.00. The van der Waals surface area contributed by atoms with Crippen LogP contribution in [-0.2, 0) is 0 Å². The van der Waals surface area contributed by atoms with E-state index in [-0.39, 0.29) is 0 Å². The minimum absolute atomic E-state index is 0.668. The van der Waals surface area contributed by atoms with Crippen molar-refractivity contribution in [2.24, 2.45) is 0 Å². The fourth-order valence-electron chi connectivity index (χ4n) is 7.27. The maximum absolute atomic E-state index is 5.13. The van der Waals surface area contributed by atoms with E-state index in [9.17, 15) is 0 Å². The summed E-state index contributed by atoms with van der Waals surface area (Å²) in [5.74, 6) is 2.01. The number of hydrogen-bond acceptors (Lipinski definition) is 6. The van der Waals surface area contributed by atoms with Crippen LogP contribution in [0.15, 0.2) is 152 Å². The number of hydrogen-bond donors (Lipinski definition) is 0. The van der Waals surface area contributed by atoms with Crippen molar-refractivity contribution in [1.82, 2.24) is 15.0 Å². The van der Waals surface area contributed by atoms with Crippen molar-refractivity contribution < 1.29 is 0 Å². The first-order valence-electron chi connectivity index (χ1n) is 16.8. The largest absolute Gasteiger partial charge is 0.208 e. The Balaban J connectivity index is 1.05.